The maximum Gasteiger partial charge on any atom is 0.397 e. The maximum absolute atomic E-state index is 14.3. The minimum absolute atomic E-state index is 0.00676. The van der Waals surface area contributed by atoms with Crippen molar-refractivity contribution in [1.82, 2.24) is 0 Å². The molecule has 0 aromatic heterocycles. The Morgan fingerprint density at radius 1 is 0.897 bits per heavy atom. The molecule has 0 amide bonds. The molecule has 3 unspecified atom stereocenters. The minimum atomic E-state index is -5.03. The molecular formula is C41H66O16S. The molecule has 0 radical (unpaired) electrons. The van der Waals surface area contributed by atoms with Crippen LogP contribution in [0.2, 0.25) is 0 Å². The van der Waals surface area contributed by atoms with Gasteiger partial charge in [-0.25, -0.2) is 4.18 Å². The molecular weight excluding hydrogens is 781 g/mol. The van der Waals surface area contributed by atoms with Crippen molar-refractivity contribution in [2.24, 2.45) is 39.4 Å². The summed E-state index contributed by atoms with van der Waals surface area (Å²) in [7, 11) is -5.03. The summed E-state index contributed by atoms with van der Waals surface area (Å²) in [6.07, 6.45) is -8.00. The Kier molecular flexibility index (Phi) is 11.5. The van der Waals surface area contributed by atoms with E-state index < -0.39 is 123 Å². The Hall–Kier alpha value is -1.32. The predicted molar refractivity (Wildman–Crippen MR) is 204 cm³/mol. The lowest BCUT2D eigenvalue weighted by molar-refractivity contribution is -0.362. The summed E-state index contributed by atoms with van der Waals surface area (Å²) in [5.41, 5.74) is -4.89. The van der Waals surface area contributed by atoms with E-state index in [0.717, 1.165) is 24.8 Å². The van der Waals surface area contributed by atoms with Gasteiger partial charge in [0.05, 0.1) is 24.9 Å². The molecule has 7 rings (SSSR count). The first-order chi connectivity index (χ1) is 26.8. The third-order valence-electron chi connectivity index (χ3n) is 16.3. The summed E-state index contributed by atoms with van der Waals surface area (Å²) < 4.78 is 67.8. The van der Waals surface area contributed by atoms with Crippen LogP contribution in [0.15, 0.2) is 11.6 Å². The first kappa shape index (κ1) is 44.7. The van der Waals surface area contributed by atoms with Crippen LogP contribution in [0, 0.1) is 39.4 Å². The molecule has 7 aliphatic rings. The summed E-state index contributed by atoms with van der Waals surface area (Å²) in [6.45, 7) is 15.5. The van der Waals surface area contributed by atoms with Gasteiger partial charge in [-0.05, 0) is 99.2 Å². The maximum atomic E-state index is 14.3. The van der Waals surface area contributed by atoms with Gasteiger partial charge < -0.3 is 54.3 Å². The molecule has 6 fully saturated rings. The fraction of sp³-hybridized carbons (Fsp3) is 0.927. The van der Waals surface area contributed by atoms with Gasteiger partial charge in [0, 0.05) is 0 Å². The number of allylic oxidation sites excluding steroid dienone is 1. The quantitative estimate of drug-likeness (QED) is 0.0722. The molecule has 0 aromatic carbocycles. The van der Waals surface area contributed by atoms with Crippen molar-refractivity contribution in [3.63, 3.8) is 0 Å². The van der Waals surface area contributed by atoms with Gasteiger partial charge in [0.1, 0.15) is 53.2 Å². The number of hydrogen-bond acceptors (Lipinski definition) is 15. The first-order valence-electron chi connectivity index (χ1n) is 21.1. The molecule has 17 heteroatoms. The first-order valence-corrected chi connectivity index (χ1v) is 22.5. The van der Waals surface area contributed by atoms with Gasteiger partial charge in [-0.3, -0.25) is 9.35 Å². The van der Waals surface area contributed by atoms with Crippen molar-refractivity contribution in [1.29, 1.82) is 0 Å². The van der Waals surface area contributed by atoms with E-state index in [1.54, 1.807) is 0 Å². The summed E-state index contributed by atoms with van der Waals surface area (Å²) in [5.74, 6) is -0.164. The highest BCUT2D eigenvalue weighted by atomic mass is 32.3. The molecule has 1 spiro atoms. The fourth-order valence-corrected chi connectivity index (χ4v) is 13.7. The van der Waals surface area contributed by atoms with Crippen molar-refractivity contribution < 1.29 is 76.3 Å². The standard InChI is InChI=1S/C41H66O16S/c1-20(2)10-9-14-39(8)40(48)17-16-38(7)22-11-12-25-36(4,5)27(13-15-37(25,6)23(22)18-26(42)41(38,40)35(47)56-39)54-34-32(29(44)24(19-52-34)57-58(49,50)51)55-33-31(46)30(45)28(43)21(3)53-33/h18,20-22,24-34,42-46,48H,9-17,19H2,1-8H3,(H,49,50,51)/t21-,22-,24-,25+,26?,27?,28-,29+,30+,31-,32-,33+,34+,37-,38+,39+,40+,41?/m1/s1. The van der Waals surface area contributed by atoms with Crippen LogP contribution in [0.3, 0.4) is 0 Å². The van der Waals surface area contributed by atoms with E-state index in [4.69, 9.17) is 23.7 Å². The average Bonchev–Trinajstić information content (AvgIpc) is 3.48. The molecule has 4 aliphatic carbocycles. The van der Waals surface area contributed by atoms with Gasteiger partial charge in [-0.1, -0.05) is 59.6 Å². The van der Waals surface area contributed by atoms with Crippen molar-refractivity contribution in [2.45, 2.75) is 192 Å². The highest BCUT2D eigenvalue weighted by molar-refractivity contribution is 7.80. The number of fused-ring (bicyclic) bond motifs is 4. The van der Waals surface area contributed by atoms with E-state index in [9.17, 15) is 48.4 Å². The lowest BCUT2D eigenvalue weighted by atomic mass is 9.40. The number of carbonyl (C=O) groups is 1. The Morgan fingerprint density at radius 2 is 1.59 bits per heavy atom. The van der Waals surface area contributed by atoms with Crippen LogP contribution in [-0.4, -0.2) is 135 Å². The summed E-state index contributed by atoms with van der Waals surface area (Å²) >= 11 is 0. The number of esters is 1. The fourth-order valence-electron chi connectivity index (χ4n) is 13.2. The van der Waals surface area contributed by atoms with Crippen LogP contribution >= 0.6 is 0 Å². The number of carbonyl (C=O) groups excluding carboxylic acids is 1. The van der Waals surface area contributed by atoms with E-state index in [1.807, 2.05) is 13.0 Å². The second kappa shape index (κ2) is 14.9. The van der Waals surface area contributed by atoms with Gasteiger partial charge >= 0.3 is 16.4 Å². The van der Waals surface area contributed by atoms with Gasteiger partial charge in [0.15, 0.2) is 12.6 Å². The van der Waals surface area contributed by atoms with Crippen LogP contribution in [-0.2, 0) is 43.1 Å². The third kappa shape index (κ3) is 6.50. The van der Waals surface area contributed by atoms with Crippen molar-refractivity contribution >= 4 is 16.4 Å². The Morgan fingerprint density at radius 3 is 2.24 bits per heavy atom. The molecule has 3 aliphatic heterocycles. The largest absolute Gasteiger partial charge is 0.456 e. The third-order valence-corrected chi connectivity index (χ3v) is 16.8. The van der Waals surface area contributed by atoms with E-state index in [2.05, 4.69) is 45.7 Å². The van der Waals surface area contributed by atoms with Gasteiger partial charge in [-0.15, -0.1) is 0 Å². The van der Waals surface area contributed by atoms with Crippen LogP contribution < -0.4 is 0 Å². The zero-order valence-corrected chi connectivity index (χ0v) is 35.8. The molecule has 332 valence electrons. The summed E-state index contributed by atoms with van der Waals surface area (Å²) in [5, 5.41) is 67.9. The van der Waals surface area contributed by atoms with E-state index in [-0.39, 0.29) is 11.8 Å². The number of aliphatic hydroxyl groups is 6. The number of cyclic esters (lactones) is 1. The summed E-state index contributed by atoms with van der Waals surface area (Å²) in [6, 6.07) is 0. The molecule has 3 saturated heterocycles. The molecule has 7 N–H and O–H groups in total. The van der Waals surface area contributed by atoms with E-state index in [1.165, 1.54) is 6.92 Å². The van der Waals surface area contributed by atoms with Crippen LogP contribution in [0.1, 0.15) is 113 Å². The number of ether oxygens (including phenoxy) is 5. The SMILES string of the molecule is CC(C)CCC[C@]1(C)OC(=O)C23C(O)C=C4[C@@H](CC[C@H]5C(C)(C)C(O[C@@H]6OC[C@@H](OS(=O)(=O)O)[C@H](O)[C@H]6O[C@@H]6O[C@H](C)[C@@H](O)[C@H](O)[C@H]6O)CC[C@]45C)[C@]2(C)CC[C@@]31O. The van der Waals surface area contributed by atoms with E-state index >= 15 is 0 Å². The van der Waals surface area contributed by atoms with Crippen LogP contribution in [0.5, 0.6) is 0 Å². The predicted octanol–water partition coefficient (Wildman–Crippen LogP) is 2.30. The Balaban J connectivity index is 1.15. The Labute approximate surface area is 341 Å². The molecule has 0 aromatic rings. The van der Waals surface area contributed by atoms with Crippen molar-refractivity contribution in [3.05, 3.63) is 11.6 Å². The second-order valence-electron chi connectivity index (χ2n) is 20.2. The van der Waals surface area contributed by atoms with Crippen molar-refractivity contribution in [3.8, 4) is 0 Å². The monoisotopic (exact) mass is 846 g/mol. The lowest BCUT2D eigenvalue weighted by Crippen LogP contribution is -2.68. The zero-order chi connectivity index (χ0) is 42.8. The molecule has 18 atom stereocenters. The van der Waals surface area contributed by atoms with Crippen LogP contribution in [0.25, 0.3) is 0 Å². The topological polar surface area (TPSA) is 248 Å². The van der Waals surface area contributed by atoms with E-state index in [0.29, 0.717) is 44.4 Å². The number of hydrogen-bond donors (Lipinski definition) is 7. The highest BCUT2D eigenvalue weighted by Gasteiger charge is 2.85. The normalized spacial score (nSPS) is 51.3. The molecule has 3 saturated carbocycles. The second-order valence-corrected chi connectivity index (χ2v) is 21.2. The molecule has 3 heterocycles. The smallest absolute Gasteiger partial charge is 0.397 e. The molecule has 16 nitrogen and oxygen atoms in total. The Bertz CT molecular complexity index is 1720. The minimum Gasteiger partial charge on any atom is -0.456 e. The van der Waals surface area contributed by atoms with Gasteiger partial charge in [0.2, 0.25) is 0 Å². The molecule has 0 bridgehead atoms. The molecule has 58 heavy (non-hydrogen) atoms. The van der Waals surface area contributed by atoms with Crippen molar-refractivity contribution in [2.75, 3.05) is 6.61 Å². The highest BCUT2D eigenvalue weighted by Crippen LogP contribution is 2.77. The van der Waals surface area contributed by atoms with Gasteiger partial charge in [-0.2, -0.15) is 8.42 Å². The summed E-state index contributed by atoms with van der Waals surface area (Å²) in [4.78, 5) is 14.3. The number of rotatable bonds is 10. The lowest BCUT2D eigenvalue weighted by Gasteiger charge is -2.64. The zero-order valence-electron chi connectivity index (χ0n) is 34.9. The van der Waals surface area contributed by atoms with Gasteiger partial charge in [0.25, 0.3) is 0 Å². The number of aliphatic hydroxyl groups excluding tert-OH is 5. The van der Waals surface area contributed by atoms with Crippen LogP contribution in [0.4, 0.5) is 0 Å². The average molecular weight is 847 g/mol.